The van der Waals surface area contributed by atoms with Crippen molar-refractivity contribution in [2.75, 3.05) is 23.8 Å². The predicted molar refractivity (Wildman–Crippen MR) is 101 cm³/mol. The van der Waals surface area contributed by atoms with Crippen molar-refractivity contribution >= 4 is 17.4 Å². The van der Waals surface area contributed by atoms with Gasteiger partial charge in [-0.3, -0.25) is 0 Å². The summed E-state index contributed by atoms with van der Waals surface area (Å²) in [5.41, 5.74) is 3.02. The largest absolute Gasteiger partial charge is 0.379 e. The molecule has 0 saturated carbocycles. The first kappa shape index (κ1) is 17.3. The molecule has 3 N–H and O–H groups in total. The molecule has 0 bridgehead atoms. The van der Waals surface area contributed by atoms with Crippen molar-refractivity contribution in [1.82, 2.24) is 5.32 Å². The van der Waals surface area contributed by atoms with Crippen molar-refractivity contribution in [2.24, 2.45) is 0 Å². The summed E-state index contributed by atoms with van der Waals surface area (Å²) in [5, 5.41) is 9.15. The van der Waals surface area contributed by atoms with Gasteiger partial charge in [0.25, 0.3) is 0 Å². The van der Waals surface area contributed by atoms with Crippen LogP contribution in [0, 0.1) is 0 Å². The second-order valence-corrected chi connectivity index (χ2v) is 6.32. The molecule has 2 atom stereocenters. The Labute approximate surface area is 148 Å². The number of hydrogen-bond donors (Lipinski definition) is 3. The average molecular weight is 339 g/mol. The van der Waals surface area contributed by atoms with Crippen LogP contribution in [0.25, 0.3) is 0 Å². The van der Waals surface area contributed by atoms with Crippen molar-refractivity contribution in [3.8, 4) is 0 Å². The Kier molecular flexibility index (Phi) is 5.90. The Hall–Kier alpha value is -2.53. The lowest BCUT2D eigenvalue weighted by Crippen LogP contribution is -2.35. The molecule has 1 saturated heterocycles. The third kappa shape index (κ3) is 5.22. The highest BCUT2D eigenvalue weighted by atomic mass is 16.5. The van der Waals surface area contributed by atoms with E-state index in [1.165, 1.54) is 5.56 Å². The van der Waals surface area contributed by atoms with E-state index in [2.05, 4.69) is 35.0 Å². The molecule has 132 valence electrons. The number of nitrogens with one attached hydrogen (secondary N) is 3. The molecule has 0 spiro atoms. The van der Waals surface area contributed by atoms with E-state index in [-0.39, 0.29) is 18.2 Å². The summed E-state index contributed by atoms with van der Waals surface area (Å²) in [5.74, 6) is 0. The molecule has 2 aromatic carbocycles. The Bertz CT molecular complexity index is 667. The topological polar surface area (TPSA) is 62.4 Å². The molecule has 2 aromatic rings. The zero-order valence-electron chi connectivity index (χ0n) is 14.5. The predicted octanol–water partition coefficient (Wildman–Crippen LogP) is 4.16. The molecule has 25 heavy (non-hydrogen) atoms. The van der Waals surface area contributed by atoms with Gasteiger partial charge in [0.05, 0.1) is 6.10 Å². The number of hydrogen-bond acceptors (Lipinski definition) is 3. The van der Waals surface area contributed by atoms with Gasteiger partial charge in [0, 0.05) is 30.6 Å². The Morgan fingerprint density at radius 2 is 1.84 bits per heavy atom. The normalized spacial score (nSPS) is 17.7. The summed E-state index contributed by atoms with van der Waals surface area (Å²) in [6.45, 7) is 3.48. The van der Waals surface area contributed by atoms with Gasteiger partial charge in [-0.05, 0) is 49.6 Å². The van der Waals surface area contributed by atoms with Crippen molar-refractivity contribution in [2.45, 2.75) is 31.9 Å². The van der Waals surface area contributed by atoms with Crippen molar-refractivity contribution < 1.29 is 9.53 Å². The minimum Gasteiger partial charge on any atom is -0.379 e. The van der Waals surface area contributed by atoms with E-state index in [0.717, 1.165) is 30.8 Å². The van der Waals surface area contributed by atoms with Gasteiger partial charge in [0.1, 0.15) is 0 Å². The minimum absolute atomic E-state index is 0.150. The second-order valence-electron chi connectivity index (χ2n) is 6.32. The quantitative estimate of drug-likeness (QED) is 0.740. The SMILES string of the molecule is C[C@H](Nc1ccc(NC(=O)NC[C@@H]2CCCO2)cc1)c1ccccc1. The summed E-state index contributed by atoms with van der Waals surface area (Å²) in [7, 11) is 0. The van der Waals surface area contributed by atoms with E-state index >= 15 is 0 Å². The number of ether oxygens (including phenoxy) is 1. The number of benzene rings is 2. The van der Waals surface area contributed by atoms with Gasteiger partial charge in [-0.1, -0.05) is 30.3 Å². The van der Waals surface area contributed by atoms with Crippen LogP contribution < -0.4 is 16.0 Å². The van der Waals surface area contributed by atoms with Gasteiger partial charge >= 0.3 is 6.03 Å². The Balaban J connectivity index is 1.47. The lowest BCUT2D eigenvalue weighted by Gasteiger charge is -2.16. The molecule has 0 radical (unpaired) electrons. The van der Waals surface area contributed by atoms with Crippen LogP contribution in [0.1, 0.15) is 31.4 Å². The van der Waals surface area contributed by atoms with Gasteiger partial charge in [0.2, 0.25) is 0 Å². The highest BCUT2D eigenvalue weighted by Crippen LogP contribution is 2.20. The lowest BCUT2D eigenvalue weighted by atomic mass is 10.1. The fraction of sp³-hybridized carbons (Fsp3) is 0.350. The first-order valence-electron chi connectivity index (χ1n) is 8.79. The van der Waals surface area contributed by atoms with Crippen LogP contribution in [0.5, 0.6) is 0 Å². The number of anilines is 2. The highest BCUT2D eigenvalue weighted by molar-refractivity contribution is 5.89. The smallest absolute Gasteiger partial charge is 0.319 e. The van der Waals surface area contributed by atoms with E-state index in [4.69, 9.17) is 4.74 Å². The maximum Gasteiger partial charge on any atom is 0.319 e. The maximum atomic E-state index is 11.9. The number of urea groups is 1. The summed E-state index contributed by atoms with van der Waals surface area (Å²) in [6.07, 6.45) is 2.24. The molecule has 1 fully saturated rings. The van der Waals surface area contributed by atoms with Gasteiger partial charge in [0.15, 0.2) is 0 Å². The molecule has 0 unspecified atom stereocenters. The van der Waals surface area contributed by atoms with E-state index < -0.39 is 0 Å². The standard InChI is InChI=1S/C20H25N3O2/c1-15(16-6-3-2-4-7-16)22-17-9-11-18(12-10-17)23-20(24)21-14-19-8-5-13-25-19/h2-4,6-7,9-12,15,19,22H,5,8,13-14H2,1H3,(H2,21,23,24)/t15-,19-/m0/s1. The number of rotatable bonds is 6. The van der Waals surface area contributed by atoms with Gasteiger partial charge < -0.3 is 20.7 Å². The van der Waals surface area contributed by atoms with Crippen LogP contribution in [-0.2, 0) is 4.74 Å². The van der Waals surface area contributed by atoms with Crippen LogP contribution in [0.15, 0.2) is 54.6 Å². The minimum atomic E-state index is -0.200. The zero-order chi connectivity index (χ0) is 17.5. The number of carbonyl (C=O) groups is 1. The first-order valence-corrected chi connectivity index (χ1v) is 8.79. The van der Waals surface area contributed by atoms with Crippen LogP contribution >= 0.6 is 0 Å². The van der Waals surface area contributed by atoms with Crippen LogP contribution in [0.4, 0.5) is 16.2 Å². The maximum absolute atomic E-state index is 11.9. The highest BCUT2D eigenvalue weighted by Gasteiger charge is 2.16. The summed E-state index contributed by atoms with van der Waals surface area (Å²) >= 11 is 0. The zero-order valence-corrected chi connectivity index (χ0v) is 14.5. The van der Waals surface area contributed by atoms with Crippen LogP contribution in [-0.4, -0.2) is 25.3 Å². The molecular weight excluding hydrogens is 314 g/mol. The monoisotopic (exact) mass is 339 g/mol. The Morgan fingerprint density at radius 3 is 2.52 bits per heavy atom. The van der Waals surface area contributed by atoms with E-state index in [9.17, 15) is 4.79 Å². The van der Waals surface area contributed by atoms with Crippen molar-refractivity contribution in [3.63, 3.8) is 0 Å². The third-order valence-electron chi connectivity index (χ3n) is 4.34. The summed E-state index contributed by atoms with van der Waals surface area (Å²) in [4.78, 5) is 11.9. The molecule has 1 aliphatic heterocycles. The lowest BCUT2D eigenvalue weighted by molar-refractivity contribution is 0.112. The molecule has 5 nitrogen and oxygen atoms in total. The van der Waals surface area contributed by atoms with Gasteiger partial charge in [-0.15, -0.1) is 0 Å². The third-order valence-corrected chi connectivity index (χ3v) is 4.34. The fourth-order valence-corrected chi connectivity index (χ4v) is 2.91. The summed E-state index contributed by atoms with van der Waals surface area (Å²) < 4.78 is 5.49. The van der Waals surface area contributed by atoms with Gasteiger partial charge in [-0.25, -0.2) is 4.79 Å². The van der Waals surface area contributed by atoms with Crippen molar-refractivity contribution in [3.05, 3.63) is 60.2 Å². The van der Waals surface area contributed by atoms with E-state index in [1.54, 1.807) is 0 Å². The molecule has 2 amide bonds. The molecule has 1 aliphatic rings. The average Bonchev–Trinajstić information content (AvgIpc) is 3.16. The molecule has 0 aromatic heterocycles. The van der Waals surface area contributed by atoms with E-state index in [0.29, 0.717) is 6.54 Å². The van der Waals surface area contributed by atoms with Crippen molar-refractivity contribution in [1.29, 1.82) is 0 Å². The number of amides is 2. The summed E-state index contributed by atoms with van der Waals surface area (Å²) in [6, 6.07) is 18.0. The molecule has 5 heteroatoms. The molecular formula is C20H25N3O2. The second kappa shape index (κ2) is 8.53. The number of carbonyl (C=O) groups excluding carboxylic acids is 1. The first-order chi connectivity index (χ1) is 12.2. The van der Waals surface area contributed by atoms with Crippen LogP contribution in [0.2, 0.25) is 0 Å². The molecule has 0 aliphatic carbocycles. The fourth-order valence-electron chi connectivity index (χ4n) is 2.91. The Morgan fingerprint density at radius 1 is 1.12 bits per heavy atom. The van der Waals surface area contributed by atoms with Crippen LogP contribution in [0.3, 0.4) is 0 Å². The molecule has 3 rings (SSSR count). The van der Waals surface area contributed by atoms with E-state index in [1.807, 2.05) is 42.5 Å². The van der Waals surface area contributed by atoms with Gasteiger partial charge in [-0.2, -0.15) is 0 Å². The molecule has 1 heterocycles.